The van der Waals surface area contributed by atoms with Gasteiger partial charge in [0.1, 0.15) is 0 Å². The second-order valence-corrected chi connectivity index (χ2v) is 5.67. The van der Waals surface area contributed by atoms with Crippen LogP contribution in [0.25, 0.3) is 0 Å². The number of hydrogen-bond acceptors (Lipinski definition) is 3. The van der Waals surface area contributed by atoms with Crippen LogP contribution < -0.4 is 0 Å². The number of ether oxygens (including phenoxy) is 1. The monoisotopic (exact) mass is 306 g/mol. The zero-order valence-electron chi connectivity index (χ0n) is 11.1. The Morgan fingerprint density at radius 1 is 1.10 bits per heavy atom. The first-order valence-corrected chi connectivity index (χ1v) is 7.72. The molecule has 0 unspecified atom stereocenters. The van der Waals surface area contributed by atoms with Crippen LogP contribution in [0.2, 0.25) is 5.02 Å². The Kier molecular flexibility index (Phi) is 5.50. The smallest absolute Gasteiger partial charge is 0.337 e. The molecule has 0 aliphatic heterocycles. The predicted molar refractivity (Wildman–Crippen MR) is 84.2 cm³/mol. The van der Waals surface area contributed by atoms with Gasteiger partial charge in [0.15, 0.2) is 0 Å². The Balaban J connectivity index is 1.88. The van der Waals surface area contributed by atoms with Crippen molar-refractivity contribution in [1.29, 1.82) is 0 Å². The fourth-order valence-electron chi connectivity index (χ4n) is 1.75. The van der Waals surface area contributed by atoms with Crippen molar-refractivity contribution in [2.75, 3.05) is 7.11 Å². The highest BCUT2D eigenvalue weighted by atomic mass is 35.5. The summed E-state index contributed by atoms with van der Waals surface area (Å²) in [5, 5.41) is 0.807. The molecule has 2 aromatic rings. The Bertz CT molecular complexity index is 581. The van der Waals surface area contributed by atoms with Gasteiger partial charge in [0, 0.05) is 16.5 Å². The van der Waals surface area contributed by atoms with Gasteiger partial charge < -0.3 is 4.74 Å². The van der Waals surface area contributed by atoms with Gasteiger partial charge in [-0.25, -0.2) is 4.79 Å². The minimum absolute atomic E-state index is 0.305. The van der Waals surface area contributed by atoms with Crippen LogP contribution in [0.5, 0.6) is 0 Å². The summed E-state index contributed by atoms with van der Waals surface area (Å²) in [5.41, 5.74) is 2.90. The van der Waals surface area contributed by atoms with Crippen LogP contribution in [0, 0.1) is 0 Å². The van der Waals surface area contributed by atoms with Crippen LogP contribution >= 0.6 is 23.4 Å². The Hall–Kier alpha value is -1.45. The van der Waals surface area contributed by atoms with Crippen molar-refractivity contribution in [3.8, 4) is 0 Å². The average Bonchev–Trinajstić information content (AvgIpc) is 2.49. The van der Waals surface area contributed by atoms with E-state index >= 15 is 0 Å². The van der Waals surface area contributed by atoms with Crippen molar-refractivity contribution in [2.45, 2.75) is 11.5 Å². The number of methoxy groups -OCH3 is 1. The normalized spacial score (nSPS) is 10.3. The van der Waals surface area contributed by atoms with Crippen LogP contribution in [0.3, 0.4) is 0 Å². The molecule has 0 aliphatic rings. The van der Waals surface area contributed by atoms with Crippen molar-refractivity contribution in [3.05, 3.63) is 70.2 Å². The first kappa shape index (κ1) is 14.9. The molecule has 0 heterocycles. The Morgan fingerprint density at radius 2 is 1.80 bits per heavy atom. The lowest BCUT2D eigenvalue weighted by molar-refractivity contribution is 0.0600. The second kappa shape index (κ2) is 7.36. The first-order valence-electron chi connectivity index (χ1n) is 6.19. The molecule has 4 heteroatoms. The van der Waals surface area contributed by atoms with Crippen molar-refractivity contribution in [2.24, 2.45) is 0 Å². The van der Waals surface area contributed by atoms with Gasteiger partial charge in [0.2, 0.25) is 0 Å². The topological polar surface area (TPSA) is 26.3 Å². The Labute approximate surface area is 128 Å². The minimum Gasteiger partial charge on any atom is -0.465 e. The number of carbonyl (C=O) groups is 1. The van der Waals surface area contributed by atoms with Gasteiger partial charge >= 0.3 is 5.97 Å². The van der Waals surface area contributed by atoms with E-state index in [2.05, 4.69) is 4.74 Å². The molecule has 0 aliphatic carbocycles. The number of thioether (sulfide) groups is 1. The summed E-state index contributed by atoms with van der Waals surface area (Å²) in [5.74, 6) is 1.45. The fraction of sp³-hybridized carbons (Fsp3) is 0.188. The third-order valence-electron chi connectivity index (χ3n) is 2.86. The van der Waals surface area contributed by atoms with Gasteiger partial charge in [-0.1, -0.05) is 41.9 Å². The van der Waals surface area contributed by atoms with Crippen LogP contribution in [0.4, 0.5) is 0 Å². The molecule has 0 fully saturated rings. The lowest BCUT2D eigenvalue weighted by Gasteiger charge is -2.05. The fourth-order valence-corrected chi connectivity index (χ4v) is 3.03. The molecule has 104 valence electrons. The van der Waals surface area contributed by atoms with E-state index in [9.17, 15) is 4.79 Å². The zero-order chi connectivity index (χ0) is 14.4. The largest absolute Gasteiger partial charge is 0.465 e. The number of carbonyl (C=O) groups excluding carboxylic acids is 1. The summed E-state index contributed by atoms with van der Waals surface area (Å²) in [6.45, 7) is 0. The number of esters is 1. The molecule has 0 aromatic heterocycles. The van der Waals surface area contributed by atoms with E-state index in [1.807, 2.05) is 36.4 Å². The van der Waals surface area contributed by atoms with E-state index in [-0.39, 0.29) is 5.97 Å². The van der Waals surface area contributed by atoms with Gasteiger partial charge in [-0.3, -0.25) is 0 Å². The molecule has 0 radical (unpaired) electrons. The van der Waals surface area contributed by atoms with Gasteiger partial charge in [-0.2, -0.15) is 11.8 Å². The summed E-state index contributed by atoms with van der Waals surface area (Å²) in [7, 11) is 1.38. The summed E-state index contributed by atoms with van der Waals surface area (Å²) >= 11 is 7.91. The number of rotatable bonds is 5. The summed E-state index contributed by atoms with van der Waals surface area (Å²) < 4.78 is 4.67. The molecule has 0 amide bonds. The van der Waals surface area contributed by atoms with Crippen molar-refractivity contribution in [1.82, 2.24) is 0 Å². The molecule has 2 nitrogen and oxygen atoms in total. The lowest BCUT2D eigenvalue weighted by atomic mass is 10.1. The third-order valence-corrected chi connectivity index (χ3v) is 4.28. The van der Waals surface area contributed by atoms with E-state index < -0.39 is 0 Å². The van der Waals surface area contributed by atoms with E-state index in [1.54, 1.807) is 23.9 Å². The quantitative estimate of drug-likeness (QED) is 0.757. The molecule has 2 rings (SSSR count). The van der Waals surface area contributed by atoms with E-state index in [0.29, 0.717) is 5.56 Å². The van der Waals surface area contributed by atoms with Crippen LogP contribution in [0.1, 0.15) is 21.5 Å². The highest BCUT2D eigenvalue weighted by molar-refractivity contribution is 7.97. The maximum absolute atomic E-state index is 11.3. The van der Waals surface area contributed by atoms with Crippen molar-refractivity contribution >= 4 is 29.3 Å². The van der Waals surface area contributed by atoms with Crippen LogP contribution in [0.15, 0.2) is 48.5 Å². The molecule has 0 bridgehead atoms. The lowest BCUT2D eigenvalue weighted by Crippen LogP contribution is -2.00. The minimum atomic E-state index is -0.305. The number of halogens is 1. The highest BCUT2D eigenvalue weighted by Gasteiger charge is 2.04. The van der Waals surface area contributed by atoms with Gasteiger partial charge in [0.05, 0.1) is 12.7 Å². The van der Waals surface area contributed by atoms with E-state index in [1.165, 1.54) is 12.7 Å². The highest BCUT2D eigenvalue weighted by Crippen LogP contribution is 2.23. The van der Waals surface area contributed by atoms with Gasteiger partial charge in [-0.05, 0) is 29.3 Å². The van der Waals surface area contributed by atoms with Gasteiger partial charge in [0.25, 0.3) is 0 Å². The molecule has 0 saturated carbocycles. The van der Waals surface area contributed by atoms with E-state index in [0.717, 1.165) is 22.1 Å². The second-order valence-electron chi connectivity index (χ2n) is 4.27. The van der Waals surface area contributed by atoms with Crippen molar-refractivity contribution in [3.63, 3.8) is 0 Å². The molecule has 0 N–H and O–H groups in total. The first-order chi connectivity index (χ1) is 9.70. The molecular weight excluding hydrogens is 292 g/mol. The number of hydrogen-bond donors (Lipinski definition) is 0. The van der Waals surface area contributed by atoms with E-state index in [4.69, 9.17) is 11.6 Å². The maximum Gasteiger partial charge on any atom is 0.337 e. The SMILES string of the molecule is COC(=O)c1ccc(CSCc2ccccc2Cl)cc1. The molecule has 2 aromatic carbocycles. The summed E-state index contributed by atoms with van der Waals surface area (Å²) in [6, 6.07) is 15.3. The van der Waals surface area contributed by atoms with Crippen LogP contribution in [-0.2, 0) is 16.2 Å². The van der Waals surface area contributed by atoms with Crippen LogP contribution in [-0.4, -0.2) is 13.1 Å². The molecular formula is C16H15ClO2S. The molecule has 20 heavy (non-hydrogen) atoms. The summed E-state index contributed by atoms with van der Waals surface area (Å²) in [4.78, 5) is 11.3. The standard InChI is InChI=1S/C16H15ClO2S/c1-19-16(18)13-8-6-12(7-9-13)10-20-11-14-4-2-3-5-15(14)17/h2-9H,10-11H2,1H3. The molecule has 0 atom stereocenters. The zero-order valence-corrected chi connectivity index (χ0v) is 12.7. The third kappa shape index (κ3) is 4.02. The number of benzene rings is 2. The molecule has 0 saturated heterocycles. The van der Waals surface area contributed by atoms with Gasteiger partial charge in [-0.15, -0.1) is 0 Å². The maximum atomic E-state index is 11.3. The predicted octanol–water partition coefficient (Wildman–Crippen LogP) is 4.56. The molecule has 0 spiro atoms. The summed E-state index contributed by atoms with van der Waals surface area (Å²) in [6.07, 6.45) is 0. The average molecular weight is 307 g/mol. The Morgan fingerprint density at radius 3 is 2.45 bits per heavy atom. The van der Waals surface area contributed by atoms with Crippen molar-refractivity contribution < 1.29 is 9.53 Å².